The highest BCUT2D eigenvalue weighted by Crippen LogP contribution is 2.46. The lowest BCUT2D eigenvalue weighted by molar-refractivity contribution is 0.0795. The highest BCUT2D eigenvalue weighted by atomic mass is 16.2. The molecule has 9 rings (SSSR count). The number of aryl methyl sites for hydroxylation is 6. The van der Waals surface area contributed by atoms with Gasteiger partial charge < -0.3 is 0 Å². The van der Waals surface area contributed by atoms with Crippen molar-refractivity contribution in [2.75, 3.05) is 0 Å². The van der Waals surface area contributed by atoms with Crippen molar-refractivity contribution in [3.8, 4) is 0 Å². The molecule has 0 unspecified atom stereocenters. The molecular weight excluding hydrogens is 763 g/mol. The molecule has 1 aromatic heterocycles. The van der Waals surface area contributed by atoms with Crippen molar-refractivity contribution in [1.29, 1.82) is 0 Å². The van der Waals surface area contributed by atoms with Crippen LogP contribution in [0, 0.1) is 41.5 Å². The summed E-state index contributed by atoms with van der Waals surface area (Å²) in [6.07, 6.45) is 0. The van der Waals surface area contributed by atoms with Gasteiger partial charge in [-0.1, -0.05) is 163 Å². The first-order valence-electron chi connectivity index (χ1n) is 21.2. The fraction of sp³-hybridized carbons (Fsp3) is 0.182. The molecule has 0 radical (unpaired) electrons. The molecule has 7 heteroatoms. The number of amides is 2. The predicted octanol–water partition coefficient (Wildman–Crippen LogP) is 11.7. The second-order valence-corrected chi connectivity index (χ2v) is 16.6. The smallest absolute Gasteiger partial charge is 0.260 e. The Hall–Kier alpha value is -7.25. The lowest BCUT2D eigenvalue weighted by atomic mass is 9.92. The summed E-state index contributed by atoms with van der Waals surface area (Å²) in [4.78, 5) is 50.8. The Bertz CT molecular complexity index is 2630. The summed E-state index contributed by atoms with van der Waals surface area (Å²) in [7, 11) is 0. The Morgan fingerprint density at radius 1 is 0.403 bits per heavy atom. The molecule has 0 fully saturated rings. The van der Waals surface area contributed by atoms with E-state index >= 15 is 9.59 Å². The molecule has 2 amide bonds. The number of pyridine rings is 1. The second-order valence-electron chi connectivity index (χ2n) is 16.6. The predicted molar refractivity (Wildman–Crippen MR) is 248 cm³/mol. The third-order valence-electron chi connectivity index (χ3n) is 12.1. The zero-order valence-electron chi connectivity index (χ0n) is 36.0. The number of hydrogen-bond acceptors (Lipinski definition) is 5. The van der Waals surface area contributed by atoms with Crippen molar-refractivity contribution < 1.29 is 9.59 Å². The van der Waals surface area contributed by atoms with Crippen molar-refractivity contribution in [2.45, 2.75) is 65.7 Å². The molecule has 6 aromatic carbocycles. The quantitative estimate of drug-likeness (QED) is 0.153. The van der Waals surface area contributed by atoms with Crippen molar-refractivity contribution >= 4 is 23.5 Å². The SMILES string of the molecule is Cc1cc(C)c(C(=O)N2C(c3cccc(C4=N[C@H](c5ccccc5)[C@@H](c5ccccc5)N4C(=O)c4c(C)cc(C)cc4C)n3)=N[C@H](c3ccccc3)[C@H]2c2ccccc2)c(C)c1. The summed E-state index contributed by atoms with van der Waals surface area (Å²) >= 11 is 0. The maximum Gasteiger partial charge on any atom is 0.260 e. The Labute approximate surface area is 364 Å². The molecule has 0 saturated heterocycles. The van der Waals surface area contributed by atoms with Crippen LogP contribution in [-0.4, -0.2) is 38.3 Å². The molecule has 4 atom stereocenters. The van der Waals surface area contributed by atoms with Crippen LogP contribution >= 0.6 is 0 Å². The van der Waals surface area contributed by atoms with E-state index in [1.54, 1.807) is 0 Å². The van der Waals surface area contributed by atoms with Crippen molar-refractivity contribution in [3.05, 3.63) is 242 Å². The molecule has 0 N–H and O–H groups in total. The fourth-order valence-electron chi connectivity index (χ4n) is 9.64. The summed E-state index contributed by atoms with van der Waals surface area (Å²) in [5.74, 6) is 0.624. The minimum absolute atomic E-state index is 0.146. The van der Waals surface area contributed by atoms with Crippen molar-refractivity contribution in [1.82, 2.24) is 14.8 Å². The first-order chi connectivity index (χ1) is 30.1. The second kappa shape index (κ2) is 16.7. The van der Waals surface area contributed by atoms with E-state index in [1.165, 1.54) is 0 Å². The minimum Gasteiger partial charge on any atom is -0.281 e. The molecule has 62 heavy (non-hydrogen) atoms. The molecule has 0 spiro atoms. The number of rotatable bonds is 8. The van der Waals surface area contributed by atoms with Crippen molar-refractivity contribution in [3.63, 3.8) is 0 Å². The average molecular weight is 812 g/mol. The number of aromatic nitrogens is 1. The van der Waals surface area contributed by atoms with Gasteiger partial charge in [0.1, 0.15) is 23.5 Å². The lowest BCUT2D eigenvalue weighted by Crippen LogP contribution is -2.40. The van der Waals surface area contributed by atoms with E-state index in [0.717, 1.165) is 55.6 Å². The van der Waals surface area contributed by atoms with E-state index < -0.39 is 24.2 Å². The van der Waals surface area contributed by atoms with Gasteiger partial charge in [-0.2, -0.15) is 0 Å². The van der Waals surface area contributed by atoms with Gasteiger partial charge in [0.05, 0.1) is 12.1 Å². The fourth-order valence-corrected chi connectivity index (χ4v) is 9.64. The number of carbonyl (C=O) groups excluding carboxylic acids is 2. The standard InChI is InChI=1S/C55H49N5O2/c1-34-30-36(3)46(37(4)31-34)54(61)59-50(42-24-15-9-16-25-42)48(40-20-11-7-12-21-40)57-52(59)44-28-19-29-45(56-44)53-58-49(41-22-13-8-14-23-41)51(43-26-17-10-18-27-43)60(53)55(62)47-38(5)32-35(2)33-39(47)6/h7-33,48-51H,1-6H3/t48-,49-,50-,51-/m1/s1. The third-order valence-corrected chi connectivity index (χ3v) is 12.1. The Kier molecular flexibility index (Phi) is 10.8. The highest BCUT2D eigenvalue weighted by Gasteiger charge is 2.46. The van der Waals surface area contributed by atoms with Gasteiger partial charge in [0.2, 0.25) is 0 Å². The van der Waals surface area contributed by atoms with Gasteiger partial charge in [0, 0.05) is 11.1 Å². The van der Waals surface area contributed by atoms with Crippen LogP contribution in [0.4, 0.5) is 0 Å². The number of hydrogen-bond donors (Lipinski definition) is 0. The molecule has 2 aliphatic heterocycles. The van der Waals surface area contributed by atoms with Crippen LogP contribution in [0.2, 0.25) is 0 Å². The first-order valence-corrected chi connectivity index (χ1v) is 21.2. The zero-order chi connectivity index (χ0) is 43.1. The normalized spacial score (nSPS) is 18.4. The lowest BCUT2D eigenvalue weighted by Gasteiger charge is -2.31. The van der Waals surface area contributed by atoms with E-state index in [1.807, 2.05) is 128 Å². The van der Waals surface area contributed by atoms with Gasteiger partial charge in [-0.25, -0.2) is 4.98 Å². The van der Waals surface area contributed by atoms with Crippen LogP contribution in [0.1, 0.15) is 112 Å². The van der Waals surface area contributed by atoms with Gasteiger partial charge in [-0.15, -0.1) is 0 Å². The van der Waals surface area contributed by atoms with Crippen LogP contribution < -0.4 is 0 Å². The van der Waals surface area contributed by atoms with Crippen molar-refractivity contribution in [2.24, 2.45) is 9.98 Å². The molecule has 2 aliphatic rings. The van der Waals surface area contributed by atoms with Gasteiger partial charge >= 0.3 is 0 Å². The van der Waals surface area contributed by atoms with E-state index in [-0.39, 0.29) is 11.8 Å². The molecule has 0 aliphatic carbocycles. The molecule has 0 bridgehead atoms. The van der Waals surface area contributed by atoms with E-state index in [9.17, 15) is 0 Å². The Morgan fingerprint density at radius 3 is 1.03 bits per heavy atom. The van der Waals surface area contributed by atoms with Gasteiger partial charge in [0.15, 0.2) is 11.7 Å². The van der Waals surface area contributed by atoms with Gasteiger partial charge in [0.25, 0.3) is 11.8 Å². The number of amidine groups is 2. The first kappa shape index (κ1) is 40.2. The zero-order valence-corrected chi connectivity index (χ0v) is 36.0. The summed E-state index contributed by atoms with van der Waals surface area (Å²) < 4.78 is 0. The number of benzene rings is 6. The largest absolute Gasteiger partial charge is 0.281 e. The van der Waals surface area contributed by atoms with Gasteiger partial charge in [-0.05, 0) is 98.2 Å². The van der Waals surface area contributed by atoms with Gasteiger partial charge in [-0.3, -0.25) is 29.4 Å². The van der Waals surface area contributed by atoms with Crippen LogP contribution in [0.15, 0.2) is 174 Å². The number of nitrogens with zero attached hydrogens (tertiary/aromatic N) is 5. The molecule has 3 heterocycles. The van der Waals surface area contributed by atoms with Crippen LogP contribution in [-0.2, 0) is 0 Å². The molecular formula is C55H49N5O2. The highest BCUT2D eigenvalue weighted by molar-refractivity contribution is 6.16. The summed E-state index contributed by atoms with van der Waals surface area (Å²) in [6, 6.07) is 52.8. The van der Waals surface area contributed by atoms with Crippen LogP contribution in [0.25, 0.3) is 0 Å². The maximum atomic E-state index is 15.4. The maximum absolute atomic E-state index is 15.4. The number of carbonyl (C=O) groups is 2. The number of aliphatic imine (C=N–C) groups is 2. The van der Waals surface area contributed by atoms with E-state index in [2.05, 4.69) is 86.6 Å². The molecule has 7 nitrogen and oxygen atoms in total. The molecule has 0 saturated carbocycles. The molecule has 7 aromatic rings. The molecule has 306 valence electrons. The Balaban J connectivity index is 1.25. The minimum atomic E-state index is -0.467. The van der Waals surface area contributed by atoms with E-state index in [0.29, 0.717) is 34.2 Å². The van der Waals surface area contributed by atoms with E-state index in [4.69, 9.17) is 15.0 Å². The monoisotopic (exact) mass is 811 g/mol. The van der Waals surface area contributed by atoms with Crippen LogP contribution in [0.5, 0.6) is 0 Å². The Morgan fingerprint density at radius 2 is 0.710 bits per heavy atom. The van der Waals surface area contributed by atoms with Crippen LogP contribution in [0.3, 0.4) is 0 Å². The average Bonchev–Trinajstić information content (AvgIpc) is 3.88. The summed E-state index contributed by atoms with van der Waals surface area (Å²) in [5.41, 5.74) is 12.0. The topological polar surface area (TPSA) is 78.2 Å². The summed E-state index contributed by atoms with van der Waals surface area (Å²) in [6.45, 7) is 12.1. The third kappa shape index (κ3) is 7.34. The summed E-state index contributed by atoms with van der Waals surface area (Å²) in [5, 5.41) is 0.